The first kappa shape index (κ1) is 22.3. The van der Waals surface area contributed by atoms with E-state index >= 15 is 0 Å². The van der Waals surface area contributed by atoms with Gasteiger partial charge in [0, 0.05) is 17.7 Å². The number of furan rings is 1. The van der Waals surface area contributed by atoms with Crippen LogP contribution in [0.15, 0.2) is 40.8 Å². The van der Waals surface area contributed by atoms with E-state index in [2.05, 4.69) is 5.32 Å². The average Bonchev–Trinajstić information content (AvgIpc) is 3.42. The molecule has 2 atom stereocenters. The topological polar surface area (TPSA) is 117 Å². The van der Waals surface area contributed by atoms with Crippen LogP contribution >= 0.6 is 0 Å². The van der Waals surface area contributed by atoms with Gasteiger partial charge >= 0.3 is 5.97 Å². The van der Waals surface area contributed by atoms with E-state index in [1.807, 2.05) is 13.8 Å². The summed E-state index contributed by atoms with van der Waals surface area (Å²) in [7, 11) is 0. The number of carbonyl (C=O) groups excluding carboxylic acids is 3. The van der Waals surface area contributed by atoms with Gasteiger partial charge in [0.2, 0.25) is 5.91 Å². The summed E-state index contributed by atoms with van der Waals surface area (Å²) < 4.78 is 5.39. The molecule has 1 aliphatic rings. The van der Waals surface area contributed by atoms with E-state index in [4.69, 9.17) is 4.42 Å². The normalized spacial score (nSPS) is 16.9. The highest BCUT2D eigenvalue weighted by atomic mass is 16.4. The first-order valence-electron chi connectivity index (χ1n) is 10.3. The second kappa shape index (κ2) is 9.59. The average molecular weight is 426 g/mol. The van der Waals surface area contributed by atoms with Gasteiger partial charge in [-0.3, -0.25) is 14.4 Å². The second-order valence-electron chi connectivity index (χ2n) is 8.08. The first-order chi connectivity index (χ1) is 14.8. The highest BCUT2D eigenvalue weighted by molar-refractivity contribution is 5.98. The molecule has 1 saturated heterocycles. The van der Waals surface area contributed by atoms with Crippen LogP contribution in [0.25, 0.3) is 11.3 Å². The number of nitrogens with one attached hydrogen (secondary N) is 1. The molecule has 31 heavy (non-hydrogen) atoms. The maximum Gasteiger partial charge on any atom is 0.326 e. The van der Waals surface area contributed by atoms with E-state index < -0.39 is 24.0 Å². The number of amides is 2. The molecule has 3 rings (SSSR count). The minimum absolute atomic E-state index is 0.109. The van der Waals surface area contributed by atoms with Crippen LogP contribution in [0.4, 0.5) is 0 Å². The van der Waals surface area contributed by atoms with Crippen molar-refractivity contribution in [3.8, 4) is 11.3 Å². The summed E-state index contributed by atoms with van der Waals surface area (Å²) in [6.07, 6.45) is 2.10. The molecule has 8 nitrogen and oxygen atoms in total. The van der Waals surface area contributed by atoms with Gasteiger partial charge in [0.25, 0.3) is 5.91 Å². The predicted octanol–water partition coefficient (Wildman–Crippen LogP) is 2.98. The van der Waals surface area contributed by atoms with Crippen LogP contribution < -0.4 is 5.32 Å². The standard InChI is InChI=1S/C23H26N2O6/c1-14(2)12-18(23(29)30)24-21(27)19-4-3-11-25(19)22(28)16-7-5-15(6-8-16)20-10-9-17(13-26)31-20/h5-10,13-14,18-19H,3-4,11-12H2,1-2H3,(H,24,27)(H,29,30)/t18-,19-/m0/s1. The molecular weight excluding hydrogens is 400 g/mol. The Hall–Kier alpha value is -3.42. The molecule has 2 N–H and O–H groups in total. The van der Waals surface area contributed by atoms with Gasteiger partial charge in [-0.15, -0.1) is 0 Å². The van der Waals surface area contributed by atoms with Gasteiger partial charge in [-0.05, 0) is 49.4 Å². The molecule has 1 aromatic heterocycles. The largest absolute Gasteiger partial charge is 0.480 e. The van der Waals surface area contributed by atoms with Crippen molar-refractivity contribution in [1.82, 2.24) is 10.2 Å². The summed E-state index contributed by atoms with van der Waals surface area (Å²) in [5, 5.41) is 12.0. The molecule has 0 radical (unpaired) electrons. The zero-order valence-electron chi connectivity index (χ0n) is 17.5. The zero-order valence-corrected chi connectivity index (χ0v) is 17.5. The summed E-state index contributed by atoms with van der Waals surface area (Å²) in [4.78, 5) is 49.5. The van der Waals surface area contributed by atoms with Crippen LogP contribution in [0, 0.1) is 5.92 Å². The summed E-state index contributed by atoms with van der Waals surface area (Å²) in [5.41, 5.74) is 1.14. The van der Waals surface area contributed by atoms with Crippen molar-refractivity contribution in [2.24, 2.45) is 5.92 Å². The minimum atomic E-state index is -1.08. The van der Waals surface area contributed by atoms with Crippen LogP contribution in [0.2, 0.25) is 0 Å². The number of aliphatic carboxylic acids is 1. The molecule has 0 spiro atoms. The zero-order chi connectivity index (χ0) is 22.5. The third-order valence-electron chi connectivity index (χ3n) is 5.30. The van der Waals surface area contributed by atoms with E-state index in [0.717, 1.165) is 5.56 Å². The maximum atomic E-state index is 13.0. The lowest BCUT2D eigenvalue weighted by atomic mass is 10.0. The van der Waals surface area contributed by atoms with Gasteiger partial charge in [-0.1, -0.05) is 26.0 Å². The van der Waals surface area contributed by atoms with E-state index in [1.165, 1.54) is 4.90 Å². The number of hydrogen-bond donors (Lipinski definition) is 2. The molecule has 2 heterocycles. The fourth-order valence-electron chi connectivity index (χ4n) is 3.76. The van der Waals surface area contributed by atoms with Crippen molar-refractivity contribution in [2.45, 2.75) is 45.2 Å². The van der Waals surface area contributed by atoms with Gasteiger partial charge < -0.3 is 19.7 Å². The van der Waals surface area contributed by atoms with E-state index in [9.17, 15) is 24.3 Å². The maximum absolute atomic E-state index is 13.0. The number of likely N-dealkylation sites (tertiary alicyclic amines) is 1. The van der Waals surface area contributed by atoms with Crippen molar-refractivity contribution in [3.63, 3.8) is 0 Å². The SMILES string of the molecule is CC(C)C[C@H](NC(=O)[C@@H]1CCCN1C(=O)c1ccc(-c2ccc(C=O)o2)cc1)C(=O)O. The van der Waals surface area contributed by atoms with E-state index in [0.29, 0.717) is 43.4 Å². The van der Waals surface area contributed by atoms with Crippen LogP contribution in [0.5, 0.6) is 0 Å². The smallest absolute Gasteiger partial charge is 0.326 e. The number of hydrogen-bond acceptors (Lipinski definition) is 5. The lowest BCUT2D eigenvalue weighted by molar-refractivity contribution is -0.142. The lowest BCUT2D eigenvalue weighted by Gasteiger charge is -2.26. The molecule has 0 saturated carbocycles. The Bertz CT molecular complexity index is 963. The Labute approximate surface area is 180 Å². The molecule has 0 aliphatic carbocycles. The molecule has 8 heteroatoms. The van der Waals surface area contributed by atoms with Crippen molar-refractivity contribution < 1.29 is 28.7 Å². The Balaban J connectivity index is 1.70. The number of nitrogens with zero attached hydrogens (tertiary/aromatic N) is 1. The Morgan fingerprint density at radius 1 is 1.19 bits per heavy atom. The van der Waals surface area contributed by atoms with Gasteiger partial charge in [-0.2, -0.15) is 0 Å². The van der Waals surface area contributed by atoms with Crippen molar-refractivity contribution >= 4 is 24.1 Å². The van der Waals surface area contributed by atoms with Gasteiger partial charge in [-0.25, -0.2) is 4.79 Å². The molecule has 1 aromatic carbocycles. The van der Waals surface area contributed by atoms with Gasteiger partial charge in [0.1, 0.15) is 17.8 Å². The van der Waals surface area contributed by atoms with Crippen LogP contribution in [-0.2, 0) is 9.59 Å². The Morgan fingerprint density at radius 3 is 2.48 bits per heavy atom. The Morgan fingerprint density at radius 2 is 1.90 bits per heavy atom. The number of carboxylic acids is 1. The summed E-state index contributed by atoms with van der Waals surface area (Å²) >= 11 is 0. The van der Waals surface area contributed by atoms with E-state index in [-0.39, 0.29) is 17.6 Å². The van der Waals surface area contributed by atoms with Crippen molar-refractivity contribution in [2.75, 3.05) is 6.54 Å². The van der Waals surface area contributed by atoms with Crippen LogP contribution in [-0.4, -0.2) is 52.7 Å². The molecule has 2 aromatic rings. The van der Waals surface area contributed by atoms with Crippen molar-refractivity contribution in [1.29, 1.82) is 0 Å². The lowest BCUT2D eigenvalue weighted by Crippen LogP contribution is -2.51. The summed E-state index contributed by atoms with van der Waals surface area (Å²) in [6, 6.07) is 8.30. The number of carbonyl (C=O) groups is 4. The fourth-order valence-corrected chi connectivity index (χ4v) is 3.76. The fraction of sp³-hybridized carbons (Fsp3) is 0.391. The van der Waals surface area contributed by atoms with Crippen molar-refractivity contribution in [3.05, 3.63) is 47.7 Å². The number of aldehydes is 1. The third kappa shape index (κ3) is 5.20. The summed E-state index contributed by atoms with van der Waals surface area (Å²) in [6.45, 7) is 4.21. The Kier molecular flexibility index (Phi) is 6.89. The highest BCUT2D eigenvalue weighted by Crippen LogP contribution is 2.25. The van der Waals surface area contributed by atoms with Crippen LogP contribution in [0.3, 0.4) is 0 Å². The molecular formula is C23H26N2O6. The predicted molar refractivity (Wildman–Crippen MR) is 113 cm³/mol. The van der Waals surface area contributed by atoms with Gasteiger partial charge in [0.15, 0.2) is 12.0 Å². The molecule has 164 valence electrons. The van der Waals surface area contributed by atoms with E-state index in [1.54, 1.807) is 36.4 Å². The second-order valence-corrected chi connectivity index (χ2v) is 8.08. The summed E-state index contributed by atoms with van der Waals surface area (Å²) in [5.74, 6) is -0.953. The number of benzene rings is 1. The first-order valence-corrected chi connectivity index (χ1v) is 10.3. The molecule has 0 unspecified atom stereocenters. The minimum Gasteiger partial charge on any atom is -0.480 e. The monoisotopic (exact) mass is 426 g/mol. The number of carboxylic acid groups (broad SMARTS) is 1. The quantitative estimate of drug-likeness (QED) is 0.627. The number of rotatable bonds is 8. The molecule has 2 amide bonds. The third-order valence-corrected chi connectivity index (χ3v) is 5.30. The molecule has 1 fully saturated rings. The highest BCUT2D eigenvalue weighted by Gasteiger charge is 2.36. The van der Waals surface area contributed by atoms with Crippen LogP contribution in [0.1, 0.15) is 54.0 Å². The van der Waals surface area contributed by atoms with Gasteiger partial charge in [0.05, 0.1) is 0 Å². The molecule has 1 aliphatic heterocycles. The molecule has 0 bridgehead atoms.